The van der Waals surface area contributed by atoms with Gasteiger partial charge < -0.3 is 5.73 Å². The molecule has 0 spiro atoms. The average molecular weight is 278 g/mol. The molecule has 0 bridgehead atoms. The third kappa shape index (κ3) is 2.08. The minimum Gasteiger partial charge on any atom is -0.319 e. The summed E-state index contributed by atoms with van der Waals surface area (Å²) in [6.45, 7) is 1.98. The van der Waals surface area contributed by atoms with Crippen molar-refractivity contribution in [2.24, 2.45) is 5.73 Å². The summed E-state index contributed by atoms with van der Waals surface area (Å²) in [5.41, 5.74) is 7.20. The summed E-state index contributed by atoms with van der Waals surface area (Å²) in [6, 6.07) is 1.65. The molecule has 0 saturated heterocycles. The second-order valence-electron chi connectivity index (χ2n) is 3.21. The molecule has 0 saturated carbocycles. The van der Waals surface area contributed by atoms with Gasteiger partial charge in [0.1, 0.15) is 0 Å². The van der Waals surface area contributed by atoms with Crippen LogP contribution in [0.5, 0.6) is 0 Å². The standard InChI is InChI=1S/C10H9Cl2NS2/c1-5-4-15-10(7(5)12)8(13)9-6(11)2-3-14-9/h2-4,8H,13H2,1H3. The van der Waals surface area contributed by atoms with Gasteiger partial charge in [-0.1, -0.05) is 23.2 Å². The lowest BCUT2D eigenvalue weighted by Crippen LogP contribution is -2.09. The van der Waals surface area contributed by atoms with Gasteiger partial charge in [-0.15, -0.1) is 22.7 Å². The first-order chi connectivity index (χ1) is 7.11. The van der Waals surface area contributed by atoms with E-state index in [2.05, 4.69) is 0 Å². The number of rotatable bonds is 2. The Morgan fingerprint density at radius 1 is 1.27 bits per heavy atom. The zero-order valence-electron chi connectivity index (χ0n) is 7.96. The van der Waals surface area contributed by atoms with Crippen molar-refractivity contribution in [1.82, 2.24) is 0 Å². The highest BCUT2D eigenvalue weighted by atomic mass is 35.5. The Kier molecular flexibility index (Phi) is 3.38. The first kappa shape index (κ1) is 11.4. The van der Waals surface area contributed by atoms with Crippen molar-refractivity contribution in [2.45, 2.75) is 13.0 Å². The lowest BCUT2D eigenvalue weighted by Gasteiger charge is -2.08. The highest BCUT2D eigenvalue weighted by Crippen LogP contribution is 2.38. The van der Waals surface area contributed by atoms with Crippen LogP contribution in [-0.2, 0) is 0 Å². The largest absolute Gasteiger partial charge is 0.319 e. The van der Waals surface area contributed by atoms with Gasteiger partial charge in [0.05, 0.1) is 16.1 Å². The van der Waals surface area contributed by atoms with Crippen molar-refractivity contribution in [3.63, 3.8) is 0 Å². The molecule has 0 fully saturated rings. The van der Waals surface area contributed by atoms with Crippen LogP contribution in [0.4, 0.5) is 0 Å². The molecule has 1 atom stereocenters. The molecule has 0 aliphatic carbocycles. The molecule has 5 heteroatoms. The van der Waals surface area contributed by atoms with E-state index in [4.69, 9.17) is 28.9 Å². The van der Waals surface area contributed by atoms with Gasteiger partial charge in [-0.05, 0) is 29.3 Å². The fourth-order valence-electron chi connectivity index (χ4n) is 1.31. The predicted molar refractivity (Wildman–Crippen MR) is 69.4 cm³/mol. The van der Waals surface area contributed by atoms with Gasteiger partial charge in [-0.3, -0.25) is 0 Å². The van der Waals surface area contributed by atoms with Gasteiger partial charge in [-0.25, -0.2) is 0 Å². The average Bonchev–Trinajstić information content (AvgIpc) is 2.75. The normalized spacial score (nSPS) is 13.1. The molecule has 0 amide bonds. The summed E-state index contributed by atoms with van der Waals surface area (Å²) in [5, 5.41) is 5.43. The van der Waals surface area contributed by atoms with Crippen LogP contribution < -0.4 is 5.73 Å². The van der Waals surface area contributed by atoms with E-state index in [0.717, 1.165) is 25.4 Å². The maximum Gasteiger partial charge on any atom is 0.0770 e. The summed E-state index contributed by atoms with van der Waals surface area (Å²) in [4.78, 5) is 1.96. The van der Waals surface area contributed by atoms with E-state index >= 15 is 0 Å². The highest BCUT2D eigenvalue weighted by molar-refractivity contribution is 7.12. The number of thiophene rings is 2. The molecule has 2 aromatic heterocycles. The third-order valence-corrected chi connectivity index (χ3v) is 5.37. The lowest BCUT2D eigenvalue weighted by atomic mass is 10.2. The predicted octanol–water partition coefficient (Wildman–Crippen LogP) is 4.47. The van der Waals surface area contributed by atoms with Gasteiger partial charge in [0.15, 0.2) is 0 Å². The molecule has 1 nitrogen and oxygen atoms in total. The molecule has 15 heavy (non-hydrogen) atoms. The molecule has 80 valence electrons. The van der Waals surface area contributed by atoms with Gasteiger partial charge >= 0.3 is 0 Å². The van der Waals surface area contributed by atoms with E-state index in [0.29, 0.717) is 0 Å². The molecule has 0 aromatic carbocycles. The Morgan fingerprint density at radius 2 is 2.00 bits per heavy atom. The number of aryl methyl sites for hydroxylation is 1. The summed E-state index contributed by atoms with van der Waals surface area (Å²) in [6.07, 6.45) is 0. The number of halogens is 2. The quantitative estimate of drug-likeness (QED) is 0.861. The summed E-state index contributed by atoms with van der Waals surface area (Å²) in [5.74, 6) is 0. The molecule has 2 aromatic rings. The van der Waals surface area contributed by atoms with Crippen molar-refractivity contribution in [3.05, 3.63) is 42.2 Å². The molecule has 0 radical (unpaired) electrons. The zero-order chi connectivity index (χ0) is 11.0. The van der Waals surface area contributed by atoms with E-state index in [1.807, 2.05) is 23.8 Å². The Labute approximate surface area is 106 Å². The van der Waals surface area contributed by atoms with Crippen LogP contribution in [0, 0.1) is 6.92 Å². The first-order valence-corrected chi connectivity index (χ1v) is 6.84. The van der Waals surface area contributed by atoms with Crippen molar-refractivity contribution < 1.29 is 0 Å². The minimum atomic E-state index is -0.205. The molecule has 0 aliphatic rings. The monoisotopic (exact) mass is 277 g/mol. The maximum absolute atomic E-state index is 6.16. The van der Waals surface area contributed by atoms with Crippen LogP contribution in [0.1, 0.15) is 21.4 Å². The molecular weight excluding hydrogens is 269 g/mol. The van der Waals surface area contributed by atoms with Crippen LogP contribution in [-0.4, -0.2) is 0 Å². The fourth-order valence-corrected chi connectivity index (χ4v) is 3.89. The van der Waals surface area contributed by atoms with Crippen molar-refractivity contribution in [2.75, 3.05) is 0 Å². The Hall–Kier alpha value is -0.0600. The number of nitrogens with two attached hydrogens (primary N) is 1. The number of hydrogen-bond donors (Lipinski definition) is 1. The van der Waals surface area contributed by atoms with Crippen LogP contribution in [0.3, 0.4) is 0 Å². The van der Waals surface area contributed by atoms with E-state index in [1.165, 1.54) is 0 Å². The third-order valence-electron chi connectivity index (χ3n) is 2.13. The second-order valence-corrected chi connectivity index (χ2v) is 5.85. The molecule has 1 unspecified atom stereocenters. The molecule has 2 rings (SSSR count). The smallest absolute Gasteiger partial charge is 0.0770 e. The fraction of sp³-hybridized carbons (Fsp3) is 0.200. The second kappa shape index (κ2) is 4.44. The van der Waals surface area contributed by atoms with Gasteiger partial charge in [0.2, 0.25) is 0 Å². The van der Waals surface area contributed by atoms with Crippen LogP contribution in [0.25, 0.3) is 0 Å². The summed E-state index contributed by atoms with van der Waals surface area (Å²) in [7, 11) is 0. The van der Waals surface area contributed by atoms with Crippen molar-refractivity contribution in [3.8, 4) is 0 Å². The van der Waals surface area contributed by atoms with Gasteiger partial charge in [0.25, 0.3) is 0 Å². The summed E-state index contributed by atoms with van der Waals surface area (Å²) >= 11 is 15.3. The maximum atomic E-state index is 6.16. The van der Waals surface area contributed by atoms with E-state index in [1.54, 1.807) is 22.7 Å². The Morgan fingerprint density at radius 3 is 2.47 bits per heavy atom. The SMILES string of the molecule is Cc1csc(C(N)c2sccc2Cl)c1Cl. The van der Waals surface area contributed by atoms with Crippen LogP contribution in [0.15, 0.2) is 16.8 Å². The summed E-state index contributed by atoms with van der Waals surface area (Å²) < 4.78 is 0. The molecule has 2 heterocycles. The van der Waals surface area contributed by atoms with Crippen LogP contribution in [0.2, 0.25) is 10.0 Å². The first-order valence-electron chi connectivity index (χ1n) is 4.33. The van der Waals surface area contributed by atoms with Crippen molar-refractivity contribution >= 4 is 45.9 Å². The molecule has 0 aliphatic heterocycles. The Bertz CT molecular complexity index is 475. The number of hydrogen-bond acceptors (Lipinski definition) is 3. The zero-order valence-corrected chi connectivity index (χ0v) is 11.1. The molecular formula is C10H9Cl2NS2. The van der Waals surface area contributed by atoms with E-state index in [-0.39, 0.29) is 6.04 Å². The van der Waals surface area contributed by atoms with E-state index in [9.17, 15) is 0 Å². The van der Waals surface area contributed by atoms with Gasteiger partial charge in [0, 0.05) is 9.75 Å². The molecule has 2 N–H and O–H groups in total. The minimum absolute atomic E-state index is 0.205. The highest BCUT2D eigenvalue weighted by Gasteiger charge is 2.19. The topological polar surface area (TPSA) is 26.0 Å². The van der Waals surface area contributed by atoms with E-state index < -0.39 is 0 Å². The Balaban J connectivity index is 2.41. The van der Waals surface area contributed by atoms with Gasteiger partial charge in [-0.2, -0.15) is 0 Å². The van der Waals surface area contributed by atoms with Crippen molar-refractivity contribution in [1.29, 1.82) is 0 Å². The lowest BCUT2D eigenvalue weighted by molar-refractivity contribution is 0.917. The van der Waals surface area contributed by atoms with Crippen LogP contribution >= 0.6 is 45.9 Å².